The summed E-state index contributed by atoms with van der Waals surface area (Å²) in [7, 11) is 0. The summed E-state index contributed by atoms with van der Waals surface area (Å²) < 4.78 is 19.3. The van der Waals surface area contributed by atoms with E-state index in [-0.39, 0.29) is 11.2 Å². The fourth-order valence-corrected chi connectivity index (χ4v) is 4.26. The van der Waals surface area contributed by atoms with Crippen molar-refractivity contribution in [1.29, 1.82) is 0 Å². The lowest BCUT2D eigenvalue weighted by atomic mass is 9.67. The smallest absolute Gasteiger partial charge is 0.226 e. The average molecular weight is 364 g/mol. The topological polar surface area (TPSA) is 38.9 Å². The molecule has 1 heterocycles. The normalized spacial score (nSPS) is 16.4. The van der Waals surface area contributed by atoms with Crippen molar-refractivity contribution in [2.45, 2.75) is 57.3 Å². The van der Waals surface area contributed by atoms with Crippen LogP contribution in [-0.2, 0) is 11.8 Å². The Bertz CT molecular complexity index is 898. The Labute approximate surface area is 159 Å². The Kier molecular flexibility index (Phi) is 5.06. The number of aromatic nitrogens is 2. The maximum Gasteiger partial charge on any atom is 0.226 e. The van der Waals surface area contributed by atoms with Gasteiger partial charge in [0.25, 0.3) is 0 Å². The van der Waals surface area contributed by atoms with Crippen molar-refractivity contribution in [3.8, 4) is 11.4 Å². The maximum atomic E-state index is 13.8. The summed E-state index contributed by atoms with van der Waals surface area (Å²) in [4.78, 5) is 4.52. The van der Waals surface area contributed by atoms with Gasteiger partial charge in [-0.05, 0) is 48.8 Å². The van der Waals surface area contributed by atoms with Crippen LogP contribution in [0.2, 0.25) is 0 Å². The van der Waals surface area contributed by atoms with E-state index in [2.05, 4.69) is 40.5 Å². The van der Waals surface area contributed by atoms with E-state index < -0.39 is 0 Å². The van der Waals surface area contributed by atoms with Crippen molar-refractivity contribution in [2.24, 2.45) is 0 Å². The Morgan fingerprint density at radius 1 is 1.04 bits per heavy atom. The fourth-order valence-electron chi connectivity index (χ4n) is 4.26. The molecule has 4 rings (SSSR count). The molecule has 3 aromatic rings. The SMILES string of the molecule is Cc1ccc(-c2noc(CCC3(c4ccccc4)CCCCC3)n2)cc1F. The highest BCUT2D eigenvalue weighted by Crippen LogP contribution is 2.42. The third kappa shape index (κ3) is 3.80. The van der Waals surface area contributed by atoms with Crippen molar-refractivity contribution >= 4 is 0 Å². The molecule has 0 spiro atoms. The van der Waals surface area contributed by atoms with Gasteiger partial charge in [0, 0.05) is 12.0 Å². The van der Waals surface area contributed by atoms with Crippen LogP contribution in [0.4, 0.5) is 4.39 Å². The Morgan fingerprint density at radius 2 is 1.81 bits per heavy atom. The third-order valence-corrected chi connectivity index (χ3v) is 5.91. The predicted molar refractivity (Wildman–Crippen MR) is 104 cm³/mol. The molecular formula is C23H25FN2O. The molecule has 1 aliphatic carbocycles. The molecule has 0 saturated heterocycles. The minimum absolute atomic E-state index is 0.199. The molecule has 0 atom stereocenters. The molecule has 0 N–H and O–H groups in total. The van der Waals surface area contributed by atoms with E-state index in [0.29, 0.717) is 22.8 Å². The van der Waals surface area contributed by atoms with Gasteiger partial charge in [0.05, 0.1) is 0 Å². The molecule has 4 heteroatoms. The van der Waals surface area contributed by atoms with Crippen LogP contribution in [0.25, 0.3) is 11.4 Å². The molecule has 1 aromatic heterocycles. The second-order valence-corrected chi connectivity index (χ2v) is 7.68. The van der Waals surface area contributed by atoms with E-state index in [0.717, 1.165) is 12.8 Å². The highest BCUT2D eigenvalue weighted by molar-refractivity contribution is 5.54. The van der Waals surface area contributed by atoms with Gasteiger partial charge < -0.3 is 4.52 Å². The van der Waals surface area contributed by atoms with Crippen LogP contribution < -0.4 is 0 Å². The zero-order valence-electron chi connectivity index (χ0n) is 15.7. The van der Waals surface area contributed by atoms with E-state index >= 15 is 0 Å². The standard InChI is InChI=1S/C23H25FN2O/c1-17-10-11-18(16-20(17)24)22-25-21(27-26-22)12-15-23(13-6-3-7-14-23)19-8-4-2-5-9-19/h2,4-5,8-11,16H,3,6-7,12-15H2,1H3. The van der Waals surface area contributed by atoms with E-state index in [9.17, 15) is 4.39 Å². The van der Waals surface area contributed by atoms with Crippen molar-refractivity contribution in [2.75, 3.05) is 0 Å². The van der Waals surface area contributed by atoms with Crippen LogP contribution in [0.3, 0.4) is 0 Å². The first-order valence-electron chi connectivity index (χ1n) is 9.81. The lowest BCUT2D eigenvalue weighted by molar-refractivity contribution is 0.261. The largest absolute Gasteiger partial charge is 0.339 e. The first-order chi connectivity index (χ1) is 13.2. The van der Waals surface area contributed by atoms with Crippen molar-refractivity contribution in [3.63, 3.8) is 0 Å². The van der Waals surface area contributed by atoms with Crippen molar-refractivity contribution < 1.29 is 8.91 Å². The molecule has 140 valence electrons. The quantitative estimate of drug-likeness (QED) is 0.556. The van der Waals surface area contributed by atoms with Crippen LogP contribution in [0.1, 0.15) is 55.5 Å². The van der Waals surface area contributed by atoms with Gasteiger partial charge in [-0.2, -0.15) is 4.98 Å². The van der Waals surface area contributed by atoms with E-state index in [4.69, 9.17) is 4.52 Å². The van der Waals surface area contributed by atoms with Gasteiger partial charge in [0.2, 0.25) is 11.7 Å². The van der Waals surface area contributed by atoms with Crippen LogP contribution in [0, 0.1) is 12.7 Å². The zero-order valence-corrected chi connectivity index (χ0v) is 15.7. The van der Waals surface area contributed by atoms with Crippen LogP contribution in [-0.4, -0.2) is 10.1 Å². The molecule has 0 amide bonds. The van der Waals surface area contributed by atoms with Gasteiger partial charge in [0.15, 0.2) is 0 Å². The molecule has 27 heavy (non-hydrogen) atoms. The number of benzene rings is 2. The second kappa shape index (κ2) is 7.63. The summed E-state index contributed by atoms with van der Waals surface area (Å²) in [6.45, 7) is 1.74. The van der Waals surface area contributed by atoms with Gasteiger partial charge in [0.1, 0.15) is 5.82 Å². The van der Waals surface area contributed by atoms with Gasteiger partial charge >= 0.3 is 0 Å². The zero-order chi connectivity index (χ0) is 18.7. The van der Waals surface area contributed by atoms with Gasteiger partial charge in [-0.15, -0.1) is 0 Å². The summed E-state index contributed by atoms with van der Waals surface area (Å²) in [5.74, 6) is 0.845. The lowest BCUT2D eigenvalue weighted by Gasteiger charge is -2.38. The molecule has 0 unspecified atom stereocenters. The minimum Gasteiger partial charge on any atom is -0.339 e. The van der Waals surface area contributed by atoms with Crippen molar-refractivity contribution in [3.05, 3.63) is 71.4 Å². The Balaban J connectivity index is 1.52. The van der Waals surface area contributed by atoms with Gasteiger partial charge in [-0.1, -0.05) is 66.9 Å². The van der Waals surface area contributed by atoms with Crippen LogP contribution >= 0.6 is 0 Å². The monoisotopic (exact) mass is 364 g/mol. The summed E-state index contributed by atoms with van der Waals surface area (Å²) in [5.41, 5.74) is 2.89. The molecule has 1 fully saturated rings. The molecule has 0 aliphatic heterocycles. The van der Waals surface area contributed by atoms with E-state index in [1.165, 1.54) is 43.7 Å². The molecule has 0 radical (unpaired) electrons. The first-order valence-corrected chi connectivity index (χ1v) is 9.81. The van der Waals surface area contributed by atoms with Crippen LogP contribution in [0.15, 0.2) is 53.1 Å². The summed E-state index contributed by atoms with van der Waals surface area (Å²) in [5, 5.41) is 4.06. The second-order valence-electron chi connectivity index (χ2n) is 7.68. The predicted octanol–water partition coefficient (Wildman–Crippen LogP) is 6.02. The number of hydrogen-bond acceptors (Lipinski definition) is 3. The molecule has 1 saturated carbocycles. The minimum atomic E-state index is -0.246. The number of nitrogens with zero attached hydrogens (tertiary/aromatic N) is 2. The Morgan fingerprint density at radius 3 is 2.56 bits per heavy atom. The van der Waals surface area contributed by atoms with Crippen LogP contribution in [0.5, 0.6) is 0 Å². The average Bonchev–Trinajstić information content (AvgIpc) is 3.19. The maximum absolute atomic E-state index is 13.8. The highest BCUT2D eigenvalue weighted by Gasteiger charge is 2.33. The Hall–Kier alpha value is -2.49. The highest BCUT2D eigenvalue weighted by atomic mass is 19.1. The molecule has 0 bridgehead atoms. The number of rotatable bonds is 5. The number of halogens is 1. The summed E-state index contributed by atoms with van der Waals surface area (Å²) in [6.07, 6.45) is 8.02. The van der Waals surface area contributed by atoms with E-state index in [1.807, 2.05) is 6.07 Å². The lowest BCUT2D eigenvalue weighted by Crippen LogP contribution is -2.29. The number of hydrogen-bond donors (Lipinski definition) is 0. The first kappa shape index (κ1) is 17.9. The molecular weight excluding hydrogens is 339 g/mol. The van der Waals surface area contributed by atoms with E-state index in [1.54, 1.807) is 13.0 Å². The molecule has 2 aromatic carbocycles. The summed E-state index contributed by atoms with van der Waals surface area (Å²) >= 11 is 0. The molecule has 1 aliphatic rings. The van der Waals surface area contributed by atoms with Gasteiger partial charge in [-0.25, -0.2) is 4.39 Å². The number of aryl methyl sites for hydroxylation is 2. The van der Waals surface area contributed by atoms with Crippen molar-refractivity contribution in [1.82, 2.24) is 10.1 Å². The third-order valence-electron chi connectivity index (χ3n) is 5.91. The summed E-state index contributed by atoms with van der Waals surface area (Å²) in [6, 6.07) is 15.9. The van der Waals surface area contributed by atoms with Gasteiger partial charge in [-0.3, -0.25) is 0 Å². The molecule has 3 nitrogen and oxygen atoms in total. The fraction of sp³-hybridized carbons (Fsp3) is 0.391.